The molecule has 0 amide bonds. The van der Waals surface area contributed by atoms with Gasteiger partial charge < -0.3 is 10.1 Å². The molecule has 0 spiro atoms. The zero-order chi connectivity index (χ0) is 14.1. The molecule has 0 aromatic heterocycles. The molecule has 0 heterocycles. The first-order chi connectivity index (χ1) is 9.17. The zero-order valence-electron chi connectivity index (χ0n) is 12.9. The summed E-state index contributed by atoms with van der Waals surface area (Å²) in [7, 11) is 0. The predicted octanol–water partition coefficient (Wildman–Crippen LogP) is 3.96. The van der Waals surface area contributed by atoms with Crippen LogP contribution in [0.2, 0.25) is 0 Å². The largest absolute Gasteiger partial charge is 0.379 e. The summed E-state index contributed by atoms with van der Waals surface area (Å²) in [5.74, 6) is 0.711. The molecule has 0 fully saturated rings. The van der Waals surface area contributed by atoms with Gasteiger partial charge in [-0.25, -0.2) is 0 Å². The van der Waals surface area contributed by atoms with E-state index in [4.69, 9.17) is 4.74 Å². The fourth-order valence-corrected chi connectivity index (χ4v) is 2.22. The van der Waals surface area contributed by atoms with Gasteiger partial charge in [-0.1, -0.05) is 52.0 Å². The standard InChI is InChI=1S/C17H29NO/c1-5-11-19-13-17(18-6-2)16-9-7-15(8-10-16)12-14(3)4/h7-10,14,17-18H,5-6,11-13H2,1-4H3. The minimum Gasteiger partial charge on any atom is -0.379 e. The van der Waals surface area contributed by atoms with Crippen LogP contribution in [0.1, 0.15) is 51.3 Å². The molecule has 1 rings (SSSR count). The molecule has 0 radical (unpaired) electrons. The van der Waals surface area contributed by atoms with Gasteiger partial charge in [-0.15, -0.1) is 0 Å². The molecular formula is C17H29NO. The van der Waals surface area contributed by atoms with E-state index in [1.807, 2.05) is 0 Å². The van der Waals surface area contributed by atoms with E-state index in [1.54, 1.807) is 0 Å². The van der Waals surface area contributed by atoms with E-state index in [2.05, 4.69) is 57.3 Å². The molecular weight excluding hydrogens is 234 g/mol. The minimum absolute atomic E-state index is 0.310. The number of hydrogen-bond donors (Lipinski definition) is 1. The molecule has 2 nitrogen and oxygen atoms in total. The topological polar surface area (TPSA) is 21.3 Å². The third-order valence-electron chi connectivity index (χ3n) is 3.11. The van der Waals surface area contributed by atoms with Crippen LogP contribution >= 0.6 is 0 Å². The summed E-state index contributed by atoms with van der Waals surface area (Å²) in [5.41, 5.74) is 2.74. The average Bonchev–Trinajstić information content (AvgIpc) is 2.38. The quantitative estimate of drug-likeness (QED) is 0.681. The Balaban J connectivity index is 2.62. The van der Waals surface area contributed by atoms with Crippen molar-refractivity contribution in [3.05, 3.63) is 35.4 Å². The van der Waals surface area contributed by atoms with Crippen molar-refractivity contribution >= 4 is 0 Å². The van der Waals surface area contributed by atoms with Crippen molar-refractivity contribution in [3.8, 4) is 0 Å². The number of likely N-dealkylation sites (N-methyl/N-ethyl adjacent to an activating group) is 1. The number of hydrogen-bond acceptors (Lipinski definition) is 2. The maximum absolute atomic E-state index is 5.68. The molecule has 0 bridgehead atoms. The van der Waals surface area contributed by atoms with Crippen LogP contribution in [0.15, 0.2) is 24.3 Å². The summed E-state index contributed by atoms with van der Waals surface area (Å²) >= 11 is 0. The van der Waals surface area contributed by atoms with Crippen molar-refractivity contribution in [1.82, 2.24) is 5.32 Å². The molecule has 1 aromatic carbocycles. The Hall–Kier alpha value is -0.860. The Bertz CT molecular complexity index is 332. The number of ether oxygens (including phenoxy) is 1. The second-order valence-electron chi connectivity index (χ2n) is 5.52. The SMILES string of the molecule is CCCOCC(NCC)c1ccc(CC(C)C)cc1. The Kier molecular flexibility index (Phi) is 7.76. The van der Waals surface area contributed by atoms with Gasteiger partial charge in [-0.05, 0) is 36.4 Å². The Morgan fingerprint density at radius 1 is 1.11 bits per heavy atom. The highest BCUT2D eigenvalue weighted by Crippen LogP contribution is 2.16. The molecule has 19 heavy (non-hydrogen) atoms. The van der Waals surface area contributed by atoms with Gasteiger partial charge >= 0.3 is 0 Å². The highest BCUT2D eigenvalue weighted by atomic mass is 16.5. The van der Waals surface area contributed by atoms with Crippen molar-refractivity contribution in [2.75, 3.05) is 19.8 Å². The maximum Gasteiger partial charge on any atom is 0.0661 e. The zero-order valence-corrected chi connectivity index (χ0v) is 12.9. The van der Waals surface area contributed by atoms with Crippen LogP contribution in [0.5, 0.6) is 0 Å². The van der Waals surface area contributed by atoms with Gasteiger partial charge in [-0.3, -0.25) is 0 Å². The molecule has 0 saturated carbocycles. The summed E-state index contributed by atoms with van der Waals surface area (Å²) in [6.07, 6.45) is 2.23. The predicted molar refractivity (Wildman–Crippen MR) is 82.5 cm³/mol. The summed E-state index contributed by atoms with van der Waals surface area (Å²) in [4.78, 5) is 0. The van der Waals surface area contributed by atoms with E-state index in [1.165, 1.54) is 11.1 Å². The minimum atomic E-state index is 0.310. The van der Waals surface area contributed by atoms with Gasteiger partial charge in [-0.2, -0.15) is 0 Å². The first kappa shape index (κ1) is 16.2. The van der Waals surface area contributed by atoms with Crippen LogP contribution in [0.4, 0.5) is 0 Å². The van der Waals surface area contributed by atoms with E-state index in [0.29, 0.717) is 12.0 Å². The van der Waals surface area contributed by atoms with Crippen molar-refractivity contribution in [1.29, 1.82) is 0 Å². The van der Waals surface area contributed by atoms with Crippen LogP contribution in [0, 0.1) is 5.92 Å². The summed E-state index contributed by atoms with van der Waals surface area (Å²) in [5, 5.41) is 3.49. The van der Waals surface area contributed by atoms with Gasteiger partial charge in [0.15, 0.2) is 0 Å². The second-order valence-corrected chi connectivity index (χ2v) is 5.52. The number of nitrogens with one attached hydrogen (secondary N) is 1. The fraction of sp³-hybridized carbons (Fsp3) is 0.647. The lowest BCUT2D eigenvalue weighted by Crippen LogP contribution is -2.25. The Morgan fingerprint density at radius 2 is 1.79 bits per heavy atom. The summed E-state index contributed by atoms with van der Waals surface area (Å²) < 4.78 is 5.68. The lowest BCUT2D eigenvalue weighted by Gasteiger charge is -2.19. The molecule has 1 unspecified atom stereocenters. The molecule has 0 aliphatic carbocycles. The first-order valence-corrected chi connectivity index (χ1v) is 7.57. The highest BCUT2D eigenvalue weighted by molar-refractivity contribution is 5.25. The van der Waals surface area contributed by atoms with Gasteiger partial charge in [0.05, 0.1) is 12.6 Å². The van der Waals surface area contributed by atoms with Crippen LogP contribution in [0.25, 0.3) is 0 Å². The van der Waals surface area contributed by atoms with E-state index < -0.39 is 0 Å². The maximum atomic E-state index is 5.68. The monoisotopic (exact) mass is 263 g/mol. The van der Waals surface area contributed by atoms with Gasteiger partial charge in [0.25, 0.3) is 0 Å². The van der Waals surface area contributed by atoms with E-state index in [0.717, 1.165) is 32.6 Å². The molecule has 1 aromatic rings. The average molecular weight is 263 g/mol. The van der Waals surface area contributed by atoms with Gasteiger partial charge in [0.1, 0.15) is 0 Å². The van der Waals surface area contributed by atoms with Crippen molar-refractivity contribution in [2.45, 2.75) is 46.6 Å². The smallest absolute Gasteiger partial charge is 0.0661 e. The second kappa shape index (κ2) is 9.11. The van der Waals surface area contributed by atoms with Crippen molar-refractivity contribution in [2.24, 2.45) is 5.92 Å². The lowest BCUT2D eigenvalue weighted by molar-refractivity contribution is 0.112. The molecule has 0 saturated heterocycles. The Labute approximate surface area is 118 Å². The normalized spacial score (nSPS) is 12.9. The molecule has 2 heteroatoms. The molecule has 108 valence electrons. The van der Waals surface area contributed by atoms with Crippen molar-refractivity contribution in [3.63, 3.8) is 0 Å². The van der Waals surface area contributed by atoms with Crippen LogP contribution in [-0.4, -0.2) is 19.8 Å². The highest BCUT2D eigenvalue weighted by Gasteiger charge is 2.10. The third kappa shape index (κ3) is 6.22. The summed E-state index contributed by atoms with van der Waals surface area (Å²) in [6, 6.07) is 9.28. The Morgan fingerprint density at radius 3 is 2.32 bits per heavy atom. The van der Waals surface area contributed by atoms with Crippen LogP contribution in [-0.2, 0) is 11.2 Å². The van der Waals surface area contributed by atoms with E-state index in [9.17, 15) is 0 Å². The number of rotatable bonds is 9. The number of benzene rings is 1. The van der Waals surface area contributed by atoms with Crippen LogP contribution < -0.4 is 5.32 Å². The molecule has 0 aliphatic heterocycles. The van der Waals surface area contributed by atoms with Gasteiger partial charge in [0.2, 0.25) is 0 Å². The fourth-order valence-electron chi connectivity index (χ4n) is 2.22. The van der Waals surface area contributed by atoms with E-state index in [-0.39, 0.29) is 0 Å². The first-order valence-electron chi connectivity index (χ1n) is 7.57. The molecule has 1 atom stereocenters. The van der Waals surface area contributed by atoms with Crippen LogP contribution in [0.3, 0.4) is 0 Å². The van der Waals surface area contributed by atoms with E-state index >= 15 is 0 Å². The third-order valence-corrected chi connectivity index (χ3v) is 3.11. The molecule has 1 N–H and O–H groups in total. The summed E-state index contributed by atoms with van der Waals surface area (Å²) in [6.45, 7) is 11.4. The van der Waals surface area contributed by atoms with Gasteiger partial charge in [0, 0.05) is 6.61 Å². The van der Waals surface area contributed by atoms with Crippen molar-refractivity contribution < 1.29 is 4.74 Å². The molecule has 0 aliphatic rings. The lowest BCUT2D eigenvalue weighted by atomic mass is 9.99.